The van der Waals surface area contributed by atoms with Gasteiger partial charge in [0.15, 0.2) is 0 Å². The summed E-state index contributed by atoms with van der Waals surface area (Å²) in [5.74, 6) is 1.49. The van der Waals surface area contributed by atoms with Gasteiger partial charge in [0.1, 0.15) is 0 Å². The number of hydrogen-bond acceptors (Lipinski definition) is 2. The Bertz CT molecular complexity index is 399. The molecule has 1 aliphatic rings. The predicted octanol–water partition coefficient (Wildman–Crippen LogP) is 2.21. The van der Waals surface area contributed by atoms with E-state index < -0.39 is 10.8 Å². The maximum Gasteiger partial charge on any atom is 0.0357 e. The van der Waals surface area contributed by atoms with E-state index in [1.165, 1.54) is 24.0 Å². The van der Waals surface area contributed by atoms with E-state index in [1.807, 2.05) is 0 Å². The molecule has 0 aliphatic heterocycles. The van der Waals surface area contributed by atoms with Gasteiger partial charge in [0, 0.05) is 35.4 Å². The van der Waals surface area contributed by atoms with Crippen LogP contribution in [0.15, 0.2) is 24.3 Å². The van der Waals surface area contributed by atoms with Crippen molar-refractivity contribution in [1.29, 1.82) is 0 Å². The van der Waals surface area contributed by atoms with Gasteiger partial charge in [-0.25, -0.2) is 0 Å². The van der Waals surface area contributed by atoms with E-state index in [1.54, 1.807) is 6.26 Å². The quantitative estimate of drug-likeness (QED) is 0.869. The van der Waals surface area contributed by atoms with Crippen LogP contribution in [0.3, 0.4) is 0 Å². The van der Waals surface area contributed by atoms with E-state index in [-0.39, 0.29) is 0 Å². The number of hydrogen-bond donors (Lipinski definition) is 1. The molecular weight excluding hydrogens is 230 g/mol. The van der Waals surface area contributed by atoms with Gasteiger partial charge in [-0.15, -0.1) is 0 Å². The molecule has 1 atom stereocenters. The molecule has 94 valence electrons. The monoisotopic (exact) mass is 251 g/mol. The second-order valence-electron chi connectivity index (χ2n) is 5.01. The van der Waals surface area contributed by atoms with Crippen molar-refractivity contribution >= 4 is 10.8 Å². The average molecular weight is 251 g/mol. The molecule has 1 fully saturated rings. The normalized spacial score (nSPS) is 25.3. The Balaban J connectivity index is 1.73. The van der Waals surface area contributed by atoms with Gasteiger partial charge in [-0.1, -0.05) is 29.8 Å². The van der Waals surface area contributed by atoms with Crippen LogP contribution in [-0.2, 0) is 10.8 Å². The Labute approximate surface area is 106 Å². The Morgan fingerprint density at radius 1 is 1.41 bits per heavy atom. The lowest BCUT2D eigenvalue weighted by Crippen LogP contribution is -2.41. The lowest BCUT2D eigenvalue weighted by Gasteiger charge is -2.36. The highest BCUT2D eigenvalue weighted by Crippen LogP contribution is 2.36. The van der Waals surface area contributed by atoms with Crippen molar-refractivity contribution in [2.45, 2.75) is 31.7 Å². The molecule has 1 N–H and O–H groups in total. The van der Waals surface area contributed by atoms with E-state index in [4.69, 9.17) is 0 Å². The molecule has 0 amide bonds. The third kappa shape index (κ3) is 3.65. The Morgan fingerprint density at radius 3 is 2.82 bits per heavy atom. The molecule has 0 heterocycles. The lowest BCUT2D eigenvalue weighted by molar-refractivity contribution is 0.296. The largest absolute Gasteiger partial charge is 0.313 e. The molecule has 0 spiro atoms. The fourth-order valence-electron chi connectivity index (χ4n) is 2.39. The van der Waals surface area contributed by atoms with Gasteiger partial charge >= 0.3 is 0 Å². The standard InChI is InChI=1S/C14H21NOS/c1-11-4-3-5-12(8-11)13-9-14(10-13)15-6-7-17(2)16/h3-5,8,13-15H,6-7,9-10H2,1-2H3. The number of nitrogens with one attached hydrogen (secondary N) is 1. The third-order valence-electron chi connectivity index (χ3n) is 3.47. The summed E-state index contributed by atoms with van der Waals surface area (Å²) >= 11 is 0. The summed E-state index contributed by atoms with van der Waals surface area (Å²) in [4.78, 5) is 0. The molecular formula is C14H21NOS. The van der Waals surface area contributed by atoms with Crippen LogP contribution in [-0.4, -0.2) is 28.8 Å². The molecule has 1 aliphatic carbocycles. The fraction of sp³-hybridized carbons (Fsp3) is 0.571. The van der Waals surface area contributed by atoms with Crippen molar-refractivity contribution in [3.63, 3.8) is 0 Å². The summed E-state index contributed by atoms with van der Waals surface area (Å²) in [7, 11) is -0.670. The Kier molecular flexibility index (Phi) is 4.35. The van der Waals surface area contributed by atoms with Crippen molar-refractivity contribution in [1.82, 2.24) is 5.32 Å². The van der Waals surface area contributed by atoms with Crippen molar-refractivity contribution in [3.05, 3.63) is 35.4 Å². The number of rotatable bonds is 5. The van der Waals surface area contributed by atoms with Crippen molar-refractivity contribution < 1.29 is 4.21 Å². The predicted molar refractivity (Wildman–Crippen MR) is 73.9 cm³/mol. The summed E-state index contributed by atoms with van der Waals surface area (Å²) in [6, 6.07) is 9.45. The lowest BCUT2D eigenvalue weighted by atomic mass is 9.75. The average Bonchev–Trinajstić information content (AvgIpc) is 2.21. The highest BCUT2D eigenvalue weighted by atomic mass is 32.2. The summed E-state index contributed by atoms with van der Waals surface area (Å²) in [5, 5.41) is 3.47. The molecule has 17 heavy (non-hydrogen) atoms. The first-order valence-corrected chi connectivity index (χ1v) is 7.98. The van der Waals surface area contributed by atoms with Crippen molar-refractivity contribution in [2.75, 3.05) is 18.6 Å². The Hall–Kier alpha value is -0.670. The van der Waals surface area contributed by atoms with Gasteiger partial charge in [0.05, 0.1) is 0 Å². The molecule has 0 aromatic heterocycles. The molecule has 0 saturated heterocycles. The summed E-state index contributed by atoms with van der Waals surface area (Å²) in [6.45, 7) is 3.03. The van der Waals surface area contributed by atoms with E-state index in [2.05, 4.69) is 36.5 Å². The molecule has 2 nitrogen and oxygen atoms in total. The van der Waals surface area contributed by atoms with Crippen LogP contribution in [0.5, 0.6) is 0 Å². The minimum atomic E-state index is -0.670. The van der Waals surface area contributed by atoms with Crippen LogP contribution in [0.4, 0.5) is 0 Å². The molecule has 1 aromatic carbocycles. The summed E-state index contributed by atoms with van der Waals surface area (Å²) in [5.41, 5.74) is 2.82. The maximum absolute atomic E-state index is 10.9. The van der Waals surface area contributed by atoms with Crippen LogP contribution in [0.25, 0.3) is 0 Å². The molecule has 1 aromatic rings. The Morgan fingerprint density at radius 2 is 2.18 bits per heavy atom. The van der Waals surface area contributed by atoms with Gasteiger partial charge in [-0.3, -0.25) is 4.21 Å². The van der Waals surface area contributed by atoms with Crippen LogP contribution < -0.4 is 5.32 Å². The van der Waals surface area contributed by atoms with Gasteiger partial charge < -0.3 is 5.32 Å². The van der Waals surface area contributed by atoms with E-state index in [0.29, 0.717) is 6.04 Å². The second kappa shape index (κ2) is 5.78. The van der Waals surface area contributed by atoms with Gasteiger partial charge in [0.25, 0.3) is 0 Å². The van der Waals surface area contributed by atoms with Gasteiger partial charge in [-0.05, 0) is 31.2 Å². The number of benzene rings is 1. The zero-order chi connectivity index (χ0) is 12.3. The molecule has 3 heteroatoms. The van der Waals surface area contributed by atoms with Gasteiger partial charge in [0.2, 0.25) is 0 Å². The molecule has 2 rings (SSSR count). The maximum atomic E-state index is 10.9. The van der Waals surface area contributed by atoms with Crippen LogP contribution >= 0.6 is 0 Å². The van der Waals surface area contributed by atoms with E-state index >= 15 is 0 Å². The highest BCUT2D eigenvalue weighted by molar-refractivity contribution is 7.84. The van der Waals surface area contributed by atoms with Gasteiger partial charge in [-0.2, -0.15) is 0 Å². The minimum Gasteiger partial charge on any atom is -0.313 e. The first-order valence-electron chi connectivity index (χ1n) is 6.25. The zero-order valence-corrected chi connectivity index (χ0v) is 11.4. The van der Waals surface area contributed by atoms with Crippen LogP contribution in [0.1, 0.15) is 29.9 Å². The third-order valence-corrected chi connectivity index (χ3v) is 4.25. The van der Waals surface area contributed by atoms with Crippen molar-refractivity contribution in [3.8, 4) is 0 Å². The molecule has 1 unspecified atom stereocenters. The summed E-state index contributed by atoms with van der Waals surface area (Å²) in [6.07, 6.45) is 4.21. The first-order chi connectivity index (χ1) is 8.15. The first kappa shape index (κ1) is 12.8. The second-order valence-corrected chi connectivity index (χ2v) is 6.57. The van der Waals surface area contributed by atoms with E-state index in [0.717, 1.165) is 18.2 Å². The zero-order valence-electron chi connectivity index (χ0n) is 10.6. The minimum absolute atomic E-state index is 0.629. The van der Waals surface area contributed by atoms with Crippen LogP contribution in [0.2, 0.25) is 0 Å². The smallest absolute Gasteiger partial charge is 0.0357 e. The highest BCUT2D eigenvalue weighted by Gasteiger charge is 2.29. The fourth-order valence-corrected chi connectivity index (χ4v) is 2.79. The SMILES string of the molecule is Cc1cccc(C2CC(NCCS(C)=O)C2)c1. The number of aryl methyl sites for hydroxylation is 1. The molecule has 0 radical (unpaired) electrons. The van der Waals surface area contributed by atoms with Crippen molar-refractivity contribution in [2.24, 2.45) is 0 Å². The van der Waals surface area contributed by atoms with E-state index in [9.17, 15) is 4.21 Å². The molecule has 0 bridgehead atoms. The van der Waals surface area contributed by atoms with Crippen LogP contribution in [0, 0.1) is 6.92 Å². The summed E-state index contributed by atoms with van der Waals surface area (Å²) < 4.78 is 10.9. The topological polar surface area (TPSA) is 29.1 Å². The molecule has 1 saturated carbocycles.